The summed E-state index contributed by atoms with van der Waals surface area (Å²) in [6, 6.07) is 23.1. The van der Waals surface area contributed by atoms with Crippen LogP contribution >= 0.6 is 11.6 Å². The zero-order chi connectivity index (χ0) is 19.3. The van der Waals surface area contributed by atoms with Crippen LogP contribution in [-0.4, -0.2) is 35.1 Å². The van der Waals surface area contributed by atoms with E-state index in [0.717, 1.165) is 11.1 Å². The summed E-state index contributed by atoms with van der Waals surface area (Å²) in [5.41, 5.74) is 2.08. The fourth-order valence-corrected chi connectivity index (χ4v) is 3.26. The molecule has 2 heterocycles. The number of nitrogens with one attached hydrogen (secondary N) is 1. The van der Waals surface area contributed by atoms with Gasteiger partial charge in [-0.05, 0) is 17.2 Å². The van der Waals surface area contributed by atoms with Crippen LogP contribution in [0.5, 0.6) is 5.88 Å². The second-order valence-electron chi connectivity index (χ2n) is 6.66. The molecule has 0 unspecified atom stereocenters. The van der Waals surface area contributed by atoms with Crippen molar-refractivity contribution in [2.75, 3.05) is 13.1 Å². The molecule has 0 atom stereocenters. The van der Waals surface area contributed by atoms with E-state index in [-0.39, 0.29) is 18.2 Å². The molecule has 0 spiro atoms. The number of carbonyl (C=O) groups excluding carboxylic acids is 1. The van der Waals surface area contributed by atoms with E-state index in [4.69, 9.17) is 16.3 Å². The minimum absolute atomic E-state index is 0.0636. The Labute approximate surface area is 168 Å². The Morgan fingerprint density at radius 1 is 1.00 bits per heavy atom. The van der Waals surface area contributed by atoms with Gasteiger partial charge in [-0.1, -0.05) is 72.3 Å². The fourth-order valence-electron chi connectivity index (χ4n) is 3.15. The molecule has 6 heteroatoms. The van der Waals surface area contributed by atoms with Gasteiger partial charge in [-0.25, -0.2) is 9.78 Å². The summed E-state index contributed by atoms with van der Waals surface area (Å²) in [6.07, 6.45) is 1.48. The molecule has 0 aliphatic carbocycles. The quantitative estimate of drug-likeness (QED) is 0.703. The van der Waals surface area contributed by atoms with E-state index in [0.29, 0.717) is 24.0 Å². The summed E-state index contributed by atoms with van der Waals surface area (Å²) < 4.78 is 5.77. The Morgan fingerprint density at radius 2 is 1.61 bits per heavy atom. The van der Waals surface area contributed by atoms with Gasteiger partial charge >= 0.3 is 6.03 Å². The third-order valence-electron chi connectivity index (χ3n) is 4.66. The van der Waals surface area contributed by atoms with Crippen molar-refractivity contribution in [2.24, 2.45) is 0 Å². The second-order valence-corrected chi connectivity index (χ2v) is 7.10. The molecule has 4 rings (SSSR count). The summed E-state index contributed by atoms with van der Waals surface area (Å²) in [6.45, 7) is 1.04. The number of carbonyl (C=O) groups is 1. The number of hydrogen-bond acceptors (Lipinski definition) is 3. The molecular formula is C22H20ClN3O2. The third kappa shape index (κ3) is 4.26. The lowest BCUT2D eigenvalue weighted by Gasteiger charge is -2.39. The summed E-state index contributed by atoms with van der Waals surface area (Å²) in [5, 5.41) is 3.71. The van der Waals surface area contributed by atoms with Crippen molar-refractivity contribution >= 4 is 17.6 Å². The highest BCUT2D eigenvalue weighted by Crippen LogP contribution is 2.23. The predicted octanol–water partition coefficient (Wildman–Crippen LogP) is 4.30. The number of likely N-dealkylation sites (tertiary alicyclic amines) is 1. The summed E-state index contributed by atoms with van der Waals surface area (Å²) in [7, 11) is 0. The third-order valence-corrected chi connectivity index (χ3v) is 4.88. The molecule has 1 fully saturated rings. The topological polar surface area (TPSA) is 54.5 Å². The molecule has 0 bridgehead atoms. The van der Waals surface area contributed by atoms with Crippen LogP contribution < -0.4 is 10.1 Å². The van der Waals surface area contributed by atoms with Crippen LogP contribution in [0.3, 0.4) is 0 Å². The van der Waals surface area contributed by atoms with E-state index in [9.17, 15) is 4.79 Å². The van der Waals surface area contributed by atoms with Crippen LogP contribution in [0.2, 0.25) is 5.02 Å². The number of rotatable bonds is 5. The van der Waals surface area contributed by atoms with Crippen LogP contribution in [0, 0.1) is 0 Å². The first-order valence-electron chi connectivity index (χ1n) is 9.12. The number of hydrogen-bond donors (Lipinski definition) is 1. The minimum atomic E-state index is -0.201. The van der Waals surface area contributed by atoms with Crippen LogP contribution in [0.1, 0.15) is 17.2 Å². The molecule has 1 aliphatic rings. The van der Waals surface area contributed by atoms with E-state index < -0.39 is 0 Å². The molecule has 2 aromatic carbocycles. The molecule has 1 aromatic heterocycles. The normalized spacial score (nSPS) is 13.9. The first kappa shape index (κ1) is 18.3. The fraction of sp³-hybridized carbons (Fsp3) is 0.182. The molecule has 1 N–H and O–H groups in total. The maximum absolute atomic E-state index is 12.8. The molecular weight excluding hydrogens is 374 g/mol. The van der Waals surface area contributed by atoms with E-state index in [1.807, 2.05) is 60.7 Å². The van der Waals surface area contributed by atoms with E-state index in [1.165, 1.54) is 0 Å². The smallest absolute Gasteiger partial charge is 0.318 e. The molecule has 28 heavy (non-hydrogen) atoms. The van der Waals surface area contributed by atoms with Gasteiger partial charge in [-0.2, -0.15) is 0 Å². The zero-order valence-corrected chi connectivity index (χ0v) is 15.9. The zero-order valence-electron chi connectivity index (χ0n) is 15.2. The number of ether oxygens (including phenoxy) is 1. The van der Waals surface area contributed by atoms with Gasteiger partial charge in [-0.3, -0.25) is 0 Å². The van der Waals surface area contributed by atoms with Crippen molar-refractivity contribution in [1.82, 2.24) is 15.2 Å². The lowest BCUT2D eigenvalue weighted by Crippen LogP contribution is -2.59. The Kier molecular flexibility index (Phi) is 5.44. The number of aromatic nitrogens is 1. The number of halogens is 1. The molecule has 1 aliphatic heterocycles. The molecule has 3 aromatic rings. The maximum Gasteiger partial charge on any atom is 0.318 e. The summed E-state index contributed by atoms with van der Waals surface area (Å²) in [5.74, 6) is 0.515. The second kappa shape index (κ2) is 8.31. The van der Waals surface area contributed by atoms with Crippen molar-refractivity contribution < 1.29 is 9.53 Å². The van der Waals surface area contributed by atoms with E-state index >= 15 is 0 Å². The Morgan fingerprint density at radius 3 is 2.14 bits per heavy atom. The van der Waals surface area contributed by atoms with Crippen LogP contribution in [-0.2, 0) is 0 Å². The Balaban J connectivity index is 1.38. The highest BCUT2D eigenvalue weighted by Gasteiger charge is 2.33. The van der Waals surface area contributed by atoms with Gasteiger partial charge in [0.15, 0.2) is 0 Å². The average Bonchev–Trinajstić information content (AvgIpc) is 2.71. The first-order chi connectivity index (χ1) is 13.7. The molecule has 0 radical (unpaired) electrons. The number of amides is 2. The standard InChI is InChI=1S/C22H20ClN3O2/c23-18-11-12-20(24-13-18)28-19-14-26(15-19)22(27)25-21(16-7-3-1-4-8-16)17-9-5-2-6-10-17/h1-13,19,21H,14-15H2,(H,25,27). The maximum atomic E-state index is 12.8. The Bertz CT molecular complexity index is 874. The van der Waals surface area contributed by atoms with Gasteiger partial charge < -0.3 is 15.0 Å². The monoisotopic (exact) mass is 393 g/mol. The SMILES string of the molecule is O=C(NC(c1ccccc1)c1ccccc1)N1CC(Oc2ccc(Cl)cn2)C1. The van der Waals surface area contributed by atoms with Crippen LogP contribution in [0.15, 0.2) is 79.0 Å². The molecule has 2 amide bonds. The van der Waals surface area contributed by atoms with Crippen molar-refractivity contribution in [3.8, 4) is 5.88 Å². The van der Waals surface area contributed by atoms with E-state index in [2.05, 4.69) is 10.3 Å². The van der Waals surface area contributed by atoms with Crippen LogP contribution in [0.4, 0.5) is 4.79 Å². The number of benzene rings is 2. The van der Waals surface area contributed by atoms with Gasteiger partial charge in [0, 0.05) is 12.3 Å². The highest BCUT2D eigenvalue weighted by molar-refractivity contribution is 6.30. The summed E-state index contributed by atoms with van der Waals surface area (Å²) in [4.78, 5) is 18.6. The van der Waals surface area contributed by atoms with Crippen molar-refractivity contribution in [3.63, 3.8) is 0 Å². The number of urea groups is 1. The van der Waals surface area contributed by atoms with E-state index in [1.54, 1.807) is 23.2 Å². The predicted molar refractivity (Wildman–Crippen MR) is 108 cm³/mol. The number of nitrogens with zero attached hydrogens (tertiary/aromatic N) is 2. The lowest BCUT2D eigenvalue weighted by molar-refractivity contribution is 0.0408. The minimum Gasteiger partial charge on any atom is -0.471 e. The van der Waals surface area contributed by atoms with Gasteiger partial charge in [0.05, 0.1) is 24.2 Å². The van der Waals surface area contributed by atoms with Gasteiger partial charge in [0.1, 0.15) is 6.10 Å². The van der Waals surface area contributed by atoms with Gasteiger partial charge in [0.25, 0.3) is 0 Å². The number of pyridine rings is 1. The van der Waals surface area contributed by atoms with Crippen molar-refractivity contribution in [3.05, 3.63) is 95.1 Å². The molecule has 5 nitrogen and oxygen atoms in total. The average molecular weight is 394 g/mol. The van der Waals surface area contributed by atoms with Crippen molar-refractivity contribution in [1.29, 1.82) is 0 Å². The van der Waals surface area contributed by atoms with Crippen LogP contribution in [0.25, 0.3) is 0 Å². The summed E-state index contributed by atoms with van der Waals surface area (Å²) >= 11 is 5.83. The molecule has 0 saturated carbocycles. The van der Waals surface area contributed by atoms with Gasteiger partial charge in [0.2, 0.25) is 5.88 Å². The molecule has 1 saturated heterocycles. The first-order valence-corrected chi connectivity index (χ1v) is 9.50. The Hall–Kier alpha value is -3.05. The van der Waals surface area contributed by atoms with Gasteiger partial charge in [-0.15, -0.1) is 0 Å². The van der Waals surface area contributed by atoms with Crippen molar-refractivity contribution in [2.45, 2.75) is 12.1 Å². The largest absolute Gasteiger partial charge is 0.471 e. The highest BCUT2D eigenvalue weighted by atomic mass is 35.5. The molecule has 142 valence electrons. The lowest BCUT2D eigenvalue weighted by atomic mass is 9.99.